The number of anilines is 2. The largest absolute Gasteiger partial charge is 0.573 e. The molecule has 0 bridgehead atoms. The molecule has 2 aromatic rings. The van der Waals surface area contributed by atoms with Gasteiger partial charge < -0.3 is 34.4 Å². The molecule has 0 spiro atoms. The predicted molar refractivity (Wildman–Crippen MR) is 140 cm³/mol. The number of hydrogen-bond acceptors (Lipinski definition) is 10. The first-order chi connectivity index (χ1) is 18.4. The van der Waals surface area contributed by atoms with Crippen LogP contribution < -0.4 is 19.3 Å². The Balaban J connectivity index is 1.62. The highest BCUT2D eigenvalue weighted by Gasteiger charge is 2.32. The molecule has 4 rings (SSSR count). The van der Waals surface area contributed by atoms with Crippen LogP contribution in [0.4, 0.5) is 24.7 Å². The third kappa shape index (κ3) is 7.43. The summed E-state index contributed by atoms with van der Waals surface area (Å²) in [6.07, 6.45) is -3.72. The summed E-state index contributed by atoms with van der Waals surface area (Å²) in [5.41, 5.74) is 2.03. The summed E-state index contributed by atoms with van der Waals surface area (Å²) in [5, 5.41) is 20.2. The second-order valence-electron chi connectivity index (χ2n) is 10.0. The zero-order chi connectivity index (χ0) is 28.3. The molecule has 1 saturated heterocycles. The first kappa shape index (κ1) is 28.7. The quantitative estimate of drug-likeness (QED) is 0.452. The van der Waals surface area contributed by atoms with Gasteiger partial charge >= 0.3 is 12.4 Å². The number of hydrogen-bond donors (Lipinski definition) is 2. The lowest BCUT2D eigenvalue weighted by atomic mass is 10.0. The van der Waals surface area contributed by atoms with E-state index in [1.165, 1.54) is 18.2 Å². The fourth-order valence-electron chi connectivity index (χ4n) is 4.95. The van der Waals surface area contributed by atoms with Gasteiger partial charge in [0.1, 0.15) is 29.6 Å². The third-order valence-electron chi connectivity index (χ3n) is 6.63. The number of aromatic hydroxyl groups is 1. The number of aliphatic hydroxyl groups excluding tert-OH is 1. The first-order valence-corrected chi connectivity index (χ1v) is 12.8. The van der Waals surface area contributed by atoms with Crippen molar-refractivity contribution >= 4 is 11.5 Å². The van der Waals surface area contributed by atoms with Gasteiger partial charge in [0.25, 0.3) is 0 Å². The van der Waals surface area contributed by atoms with Crippen LogP contribution in [0.3, 0.4) is 0 Å². The monoisotopic (exact) mass is 552 g/mol. The summed E-state index contributed by atoms with van der Waals surface area (Å²) in [7, 11) is 3.89. The van der Waals surface area contributed by atoms with Crippen LogP contribution in [0, 0.1) is 0 Å². The van der Waals surface area contributed by atoms with E-state index < -0.39 is 18.3 Å². The van der Waals surface area contributed by atoms with E-state index in [1.54, 1.807) is 0 Å². The van der Waals surface area contributed by atoms with E-state index in [0.29, 0.717) is 57.1 Å². The van der Waals surface area contributed by atoms with Gasteiger partial charge in [0.2, 0.25) is 0 Å². The molecule has 0 saturated carbocycles. The summed E-state index contributed by atoms with van der Waals surface area (Å²) in [6, 6.07) is 3.80. The summed E-state index contributed by atoms with van der Waals surface area (Å²) >= 11 is 0. The minimum Gasteiger partial charge on any atom is -0.508 e. The van der Waals surface area contributed by atoms with Gasteiger partial charge in [-0.2, -0.15) is 9.97 Å². The number of rotatable bonds is 9. The number of aromatic nitrogens is 2. The maximum absolute atomic E-state index is 12.8. The Bertz CT molecular complexity index is 1160. The Kier molecular flexibility index (Phi) is 8.72. The SMILES string of the molecule is C=CC(O)N1CCN(c2nc(O[C@H](C)CN(C)C)nc3c2CCN(c2cc(O)cc(OC(F)(F)F)c2)C3)CC1. The number of halogens is 3. The second-order valence-corrected chi connectivity index (χ2v) is 10.0. The van der Waals surface area contributed by atoms with Crippen molar-refractivity contribution < 1.29 is 32.9 Å². The Morgan fingerprint density at radius 3 is 2.46 bits per heavy atom. The topological polar surface area (TPSA) is 97.7 Å². The fourth-order valence-corrected chi connectivity index (χ4v) is 4.95. The normalized spacial score (nSPS) is 18.1. The maximum atomic E-state index is 12.8. The lowest BCUT2D eigenvalue weighted by molar-refractivity contribution is -0.274. The van der Waals surface area contributed by atoms with Gasteiger partial charge in [-0.05, 0) is 33.5 Å². The van der Waals surface area contributed by atoms with Crippen LogP contribution in [-0.4, -0.2) is 102 Å². The molecule has 2 N–H and O–H groups in total. The fraction of sp³-hybridized carbons (Fsp3) is 0.538. The molecule has 0 aliphatic carbocycles. The van der Waals surface area contributed by atoms with E-state index in [4.69, 9.17) is 14.7 Å². The van der Waals surface area contributed by atoms with Crippen LogP contribution in [0.5, 0.6) is 17.5 Å². The van der Waals surface area contributed by atoms with Crippen molar-refractivity contribution in [3.8, 4) is 17.5 Å². The number of nitrogens with zero attached hydrogens (tertiary/aromatic N) is 6. The Labute approximate surface area is 225 Å². The van der Waals surface area contributed by atoms with Gasteiger partial charge in [-0.3, -0.25) is 4.90 Å². The van der Waals surface area contributed by atoms with E-state index in [0.717, 1.165) is 17.4 Å². The molecule has 1 aromatic heterocycles. The Morgan fingerprint density at radius 2 is 1.82 bits per heavy atom. The van der Waals surface area contributed by atoms with Gasteiger partial charge in [0.15, 0.2) is 0 Å². The number of ether oxygens (including phenoxy) is 2. The minimum atomic E-state index is -4.87. The highest BCUT2D eigenvalue weighted by molar-refractivity contribution is 5.59. The number of alkyl halides is 3. The first-order valence-electron chi connectivity index (χ1n) is 12.8. The molecule has 0 radical (unpaired) electrons. The highest BCUT2D eigenvalue weighted by Crippen LogP contribution is 2.35. The van der Waals surface area contributed by atoms with E-state index in [9.17, 15) is 23.4 Å². The van der Waals surface area contributed by atoms with Crippen molar-refractivity contribution in [2.45, 2.75) is 38.6 Å². The zero-order valence-electron chi connectivity index (χ0n) is 22.4. The molecular formula is C26H35F3N6O4. The molecule has 2 atom stereocenters. The zero-order valence-corrected chi connectivity index (χ0v) is 22.4. The Morgan fingerprint density at radius 1 is 1.10 bits per heavy atom. The van der Waals surface area contributed by atoms with Gasteiger partial charge in [0, 0.05) is 68.7 Å². The molecule has 1 fully saturated rings. The minimum absolute atomic E-state index is 0.182. The van der Waals surface area contributed by atoms with Crippen LogP contribution in [0.1, 0.15) is 18.2 Å². The average Bonchev–Trinajstić information content (AvgIpc) is 2.85. The van der Waals surface area contributed by atoms with E-state index in [1.807, 2.05) is 35.7 Å². The maximum Gasteiger partial charge on any atom is 0.573 e. The van der Waals surface area contributed by atoms with Crippen molar-refractivity contribution in [2.75, 3.05) is 63.2 Å². The molecule has 13 heteroatoms. The van der Waals surface area contributed by atoms with Crippen molar-refractivity contribution in [1.29, 1.82) is 0 Å². The average molecular weight is 553 g/mol. The molecule has 1 aromatic carbocycles. The Hall–Kier alpha value is -3.29. The van der Waals surface area contributed by atoms with Gasteiger partial charge in [0.05, 0.1) is 12.2 Å². The van der Waals surface area contributed by atoms with Crippen molar-refractivity contribution in [3.05, 3.63) is 42.1 Å². The van der Waals surface area contributed by atoms with E-state index in [2.05, 4.69) is 16.2 Å². The highest BCUT2D eigenvalue weighted by atomic mass is 19.4. The van der Waals surface area contributed by atoms with Crippen LogP contribution in [0.2, 0.25) is 0 Å². The van der Waals surface area contributed by atoms with Gasteiger partial charge in [-0.25, -0.2) is 0 Å². The van der Waals surface area contributed by atoms with Crippen LogP contribution in [0.15, 0.2) is 30.9 Å². The number of fused-ring (bicyclic) bond motifs is 1. The van der Waals surface area contributed by atoms with Crippen molar-refractivity contribution in [3.63, 3.8) is 0 Å². The van der Waals surface area contributed by atoms with Crippen LogP contribution in [0.25, 0.3) is 0 Å². The third-order valence-corrected chi connectivity index (χ3v) is 6.63. The molecule has 2 aliphatic heterocycles. The molecule has 1 unspecified atom stereocenters. The van der Waals surface area contributed by atoms with Crippen molar-refractivity contribution in [1.82, 2.24) is 19.8 Å². The number of piperazine rings is 1. The molecule has 10 nitrogen and oxygen atoms in total. The summed E-state index contributed by atoms with van der Waals surface area (Å²) < 4.78 is 48.5. The molecule has 39 heavy (non-hydrogen) atoms. The number of phenols is 1. The molecule has 2 aliphatic rings. The summed E-state index contributed by atoms with van der Waals surface area (Å²) in [5.74, 6) is -0.0636. The lowest BCUT2D eigenvalue weighted by Crippen LogP contribution is -2.50. The van der Waals surface area contributed by atoms with Crippen molar-refractivity contribution in [2.24, 2.45) is 0 Å². The molecule has 214 valence electrons. The number of benzene rings is 1. The van der Waals surface area contributed by atoms with Crippen LogP contribution in [-0.2, 0) is 13.0 Å². The predicted octanol–water partition coefficient (Wildman–Crippen LogP) is 2.60. The smallest absolute Gasteiger partial charge is 0.508 e. The van der Waals surface area contributed by atoms with Gasteiger partial charge in [-0.1, -0.05) is 6.58 Å². The summed E-state index contributed by atoms with van der Waals surface area (Å²) in [6.45, 7) is 9.52. The second kappa shape index (κ2) is 11.8. The standard InChI is InChI=1S/C26H35F3N6O4/c1-5-23(37)33-8-10-34(11-9-33)24-21-6-7-35(18-12-19(36)14-20(13-18)39-26(27,28)29)16-22(21)30-25(31-24)38-17(2)15-32(3)4/h5,12-14,17,23,36-37H,1,6-11,15-16H2,2-4H3/t17-,23?/m1/s1. The van der Waals surface area contributed by atoms with E-state index in [-0.39, 0.29) is 24.4 Å². The number of likely N-dealkylation sites (N-methyl/N-ethyl adjacent to an activating group) is 1. The molecule has 3 heterocycles. The number of aliphatic hydroxyl groups is 1. The summed E-state index contributed by atoms with van der Waals surface area (Å²) in [4.78, 5) is 17.4. The lowest BCUT2D eigenvalue weighted by Gasteiger charge is -2.39. The number of phenolic OH excluding ortho intramolecular Hbond substituents is 1. The van der Waals surface area contributed by atoms with E-state index >= 15 is 0 Å². The molecular weight excluding hydrogens is 517 g/mol. The van der Waals surface area contributed by atoms with Crippen LogP contribution >= 0.6 is 0 Å². The molecule has 0 amide bonds. The van der Waals surface area contributed by atoms with Gasteiger partial charge in [-0.15, -0.1) is 13.2 Å².